The van der Waals surface area contributed by atoms with Crippen molar-refractivity contribution in [2.75, 3.05) is 36.4 Å². The van der Waals surface area contributed by atoms with E-state index in [-0.39, 0.29) is 24.0 Å². The molecule has 3 aliphatic heterocycles. The minimum absolute atomic E-state index is 0.0957. The number of fused-ring (bicyclic) bond motifs is 1. The van der Waals surface area contributed by atoms with Crippen LogP contribution in [0.5, 0.6) is 0 Å². The average Bonchev–Trinajstić information content (AvgIpc) is 3.08. The predicted octanol–water partition coefficient (Wildman–Crippen LogP) is 0.505. The molecule has 1 unspecified atom stereocenters. The first-order valence-corrected chi connectivity index (χ1v) is 11.0. The Morgan fingerprint density at radius 2 is 1.82 bits per heavy atom. The fourth-order valence-corrected chi connectivity index (χ4v) is 4.51. The highest BCUT2D eigenvalue weighted by Crippen LogP contribution is 2.29. The van der Waals surface area contributed by atoms with Crippen LogP contribution >= 0.6 is 0 Å². The first-order valence-electron chi connectivity index (χ1n) is 11.0. The Labute approximate surface area is 190 Å². The van der Waals surface area contributed by atoms with Crippen LogP contribution in [0, 0.1) is 0 Å². The van der Waals surface area contributed by atoms with Crippen molar-refractivity contribution >= 4 is 35.1 Å². The Morgan fingerprint density at radius 3 is 2.61 bits per heavy atom. The fraction of sp³-hybridized carbons (Fsp3) is 0.348. The van der Waals surface area contributed by atoms with E-state index in [0.29, 0.717) is 6.54 Å². The second-order valence-electron chi connectivity index (χ2n) is 8.29. The second-order valence-corrected chi connectivity index (χ2v) is 8.29. The molecule has 2 aromatic rings. The Bertz CT molecular complexity index is 1140. The molecule has 5 rings (SSSR count). The lowest BCUT2D eigenvalue weighted by molar-refractivity contribution is -0.136. The van der Waals surface area contributed by atoms with Crippen molar-refractivity contribution < 1.29 is 19.2 Å². The Balaban J connectivity index is 1.33. The first kappa shape index (κ1) is 21.1. The van der Waals surface area contributed by atoms with Crippen LogP contribution in [0.25, 0.3) is 0 Å². The average molecular weight is 448 g/mol. The molecule has 4 amide bonds. The van der Waals surface area contributed by atoms with Gasteiger partial charge in [-0.25, -0.2) is 4.98 Å². The van der Waals surface area contributed by atoms with Gasteiger partial charge in [-0.05, 0) is 36.2 Å². The molecule has 4 heterocycles. The van der Waals surface area contributed by atoms with Gasteiger partial charge in [0.1, 0.15) is 11.9 Å². The van der Waals surface area contributed by atoms with E-state index in [4.69, 9.17) is 0 Å². The number of carbonyl (C=O) groups is 4. The van der Waals surface area contributed by atoms with Crippen LogP contribution in [-0.2, 0) is 16.1 Å². The van der Waals surface area contributed by atoms with Crippen LogP contribution in [0.1, 0.15) is 39.1 Å². The van der Waals surface area contributed by atoms with Gasteiger partial charge in [0, 0.05) is 45.3 Å². The number of piperidine rings is 1. The van der Waals surface area contributed by atoms with E-state index in [1.807, 2.05) is 12.1 Å². The highest BCUT2D eigenvalue weighted by atomic mass is 16.2. The van der Waals surface area contributed by atoms with Crippen molar-refractivity contribution in [3.63, 3.8) is 0 Å². The van der Waals surface area contributed by atoms with E-state index < -0.39 is 29.7 Å². The van der Waals surface area contributed by atoms with Crippen LogP contribution < -0.4 is 20.9 Å². The van der Waals surface area contributed by atoms with E-state index in [2.05, 4.69) is 25.8 Å². The number of piperazine rings is 1. The molecule has 0 aliphatic carbocycles. The summed E-state index contributed by atoms with van der Waals surface area (Å²) in [5.74, 6) is -1.26. The van der Waals surface area contributed by atoms with Crippen LogP contribution in [-0.4, -0.2) is 65.7 Å². The van der Waals surface area contributed by atoms with Crippen molar-refractivity contribution in [2.45, 2.75) is 25.4 Å². The number of aromatic nitrogens is 1. The highest BCUT2D eigenvalue weighted by molar-refractivity contribution is 6.23. The van der Waals surface area contributed by atoms with Crippen molar-refractivity contribution in [1.82, 2.24) is 20.5 Å². The van der Waals surface area contributed by atoms with Gasteiger partial charge in [0.25, 0.3) is 11.8 Å². The van der Waals surface area contributed by atoms with Crippen molar-refractivity contribution in [2.24, 2.45) is 0 Å². The summed E-state index contributed by atoms with van der Waals surface area (Å²) in [5.41, 5.74) is 2.38. The highest BCUT2D eigenvalue weighted by Gasteiger charge is 2.44. The molecule has 33 heavy (non-hydrogen) atoms. The second kappa shape index (κ2) is 8.62. The summed E-state index contributed by atoms with van der Waals surface area (Å²) < 4.78 is 0. The van der Waals surface area contributed by atoms with E-state index in [0.717, 1.165) is 48.1 Å². The third kappa shape index (κ3) is 3.93. The molecular weight excluding hydrogens is 424 g/mol. The Kier molecular flexibility index (Phi) is 5.51. The number of amides is 4. The number of nitrogens with one attached hydrogen (secondary N) is 3. The van der Waals surface area contributed by atoms with Gasteiger partial charge in [0.2, 0.25) is 11.8 Å². The summed E-state index contributed by atoms with van der Waals surface area (Å²) >= 11 is 0. The lowest BCUT2D eigenvalue weighted by Gasteiger charge is -2.30. The summed E-state index contributed by atoms with van der Waals surface area (Å²) in [6.07, 6.45) is 1.97. The fourth-order valence-electron chi connectivity index (χ4n) is 4.51. The van der Waals surface area contributed by atoms with E-state index in [9.17, 15) is 19.2 Å². The van der Waals surface area contributed by atoms with Crippen LogP contribution in [0.3, 0.4) is 0 Å². The normalized spacial score (nSPS) is 20.7. The SMILES string of the molecule is O=C1CCC(N2C(=O)c3ccc(CNc4ncccc4N4CCNCC4)cc3C2=O)C(=O)N1. The topological polar surface area (TPSA) is 124 Å². The van der Waals surface area contributed by atoms with E-state index >= 15 is 0 Å². The zero-order valence-corrected chi connectivity index (χ0v) is 18.0. The van der Waals surface area contributed by atoms with Gasteiger partial charge < -0.3 is 15.5 Å². The minimum Gasteiger partial charge on any atom is -0.366 e. The largest absolute Gasteiger partial charge is 0.366 e. The molecule has 2 fully saturated rings. The molecule has 10 heteroatoms. The number of imide groups is 2. The van der Waals surface area contributed by atoms with Crippen molar-refractivity contribution in [1.29, 1.82) is 0 Å². The number of hydrogen-bond acceptors (Lipinski definition) is 8. The maximum absolute atomic E-state index is 13.0. The Morgan fingerprint density at radius 1 is 1.03 bits per heavy atom. The molecule has 1 atom stereocenters. The summed E-state index contributed by atoms with van der Waals surface area (Å²) in [5, 5.41) is 8.89. The summed E-state index contributed by atoms with van der Waals surface area (Å²) in [7, 11) is 0. The van der Waals surface area contributed by atoms with Crippen LogP contribution in [0.2, 0.25) is 0 Å². The molecule has 0 radical (unpaired) electrons. The zero-order chi connectivity index (χ0) is 22.9. The number of benzene rings is 1. The molecule has 0 spiro atoms. The van der Waals surface area contributed by atoms with Gasteiger partial charge in [-0.3, -0.25) is 29.4 Å². The predicted molar refractivity (Wildman–Crippen MR) is 120 cm³/mol. The lowest BCUT2D eigenvalue weighted by Crippen LogP contribution is -2.54. The van der Waals surface area contributed by atoms with Crippen LogP contribution in [0.4, 0.5) is 11.5 Å². The summed E-state index contributed by atoms with van der Waals surface area (Å²) in [6.45, 7) is 4.04. The Hall–Kier alpha value is -3.79. The maximum Gasteiger partial charge on any atom is 0.262 e. The summed E-state index contributed by atoms with van der Waals surface area (Å²) in [4.78, 5) is 57.2. The molecule has 0 saturated carbocycles. The van der Waals surface area contributed by atoms with Gasteiger partial charge in [0.15, 0.2) is 0 Å². The van der Waals surface area contributed by atoms with E-state index in [1.54, 1.807) is 24.4 Å². The van der Waals surface area contributed by atoms with Gasteiger partial charge >= 0.3 is 0 Å². The molecule has 10 nitrogen and oxygen atoms in total. The third-order valence-corrected chi connectivity index (χ3v) is 6.21. The minimum atomic E-state index is -0.966. The molecular formula is C23H24N6O4. The molecule has 3 aliphatic rings. The number of carbonyl (C=O) groups excluding carboxylic acids is 4. The molecule has 1 aromatic carbocycles. The smallest absolute Gasteiger partial charge is 0.262 e. The molecule has 1 aromatic heterocycles. The van der Waals surface area contributed by atoms with Gasteiger partial charge in [-0.1, -0.05) is 6.07 Å². The molecule has 3 N–H and O–H groups in total. The summed E-state index contributed by atoms with van der Waals surface area (Å²) in [6, 6.07) is 8.07. The van der Waals surface area contributed by atoms with Gasteiger partial charge in [0.05, 0.1) is 16.8 Å². The maximum atomic E-state index is 13.0. The van der Waals surface area contributed by atoms with Gasteiger partial charge in [-0.15, -0.1) is 0 Å². The third-order valence-electron chi connectivity index (χ3n) is 6.21. The first-order chi connectivity index (χ1) is 16.0. The molecule has 170 valence electrons. The van der Waals surface area contributed by atoms with E-state index in [1.165, 1.54) is 0 Å². The standard InChI is InChI=1S/C23H24N6O4/c30-19-6-5-18(21(31)27-19)29-22(32)15-4-3-14(12-16(15)23(29)33)13-26-20-17(2-1-7-25-20)28-10-8-24-9-11-28/h1-4,7,12,18,24H,5-6,8-11,13H2,(H,25,26)(H,27,30,31). The number of rotatable bonds is 5. The number of pyridine rings is 1. The lowest BCUT2D eigenvalue weighted by atomic mass is 10.0. The number of nitrogens with zero attached hydrogens (tertiary/aromatic N) is 3. The number of hydrogen-bond donors (Lipinski definition) is 3. The van der Waals surface area contributed by atoms with Crippen molar-refractivity contribution in [3.05, 3.63) is 53.2 Å². The van der Waals surface area contributed by atoms with Crippen molar-refractivity contribution in [3.8, 4) is 0 Å². The zero-order valence-electron chi connectivity index (χ0n) is 18.0. The molecule has 0 bridgehead atoms. The van der Waals surface area contributed by atoms with Crippen LogP contribution in [0.15, 0.2) is 36.5 Å². The monoisotopic (exact) mass is 448 g/mol. The number of anilines is 2. The van der Waals surface area contributed by atoms with Gasteiger partial charge in [-0.2, -0.15) is 0 Å². The quantitative estimate of drug-likeness (QED) is 0.565. The molecule has 2 saturated heterocycles.